The van der Waals surface area contributed by atoms with E-state index >= 15 is 0 Å². The minimum absolute atomic E-state index is 0.0711. The Morgan fingerprint density at radius 2 is 2.05 bits per heavy atom. The molecule has 7 heteroatoms. The predicted molar refractivity (Wildman–Crippen MR) is 71.9 cm³/mol. The van der Waals surface area contributed by atoms with Crippen LogP contribution in [0.3, 0.4) is 0 Å². The fourth-order valence-corrected chi connectivity index (χ4v) is 1.53. The van der Waals surface area contributed by atoms with E-state index in [1.165, 1.54) is 6.20 Å². The van der Waals surface area contributed by atoms with Crippen LogP contribution in [0.2, 0.25) is 5.02 Å². The molecular formula is C13H11ClN2O4. The summed E-state index contributed by atoms with van der Waals surface area (Å²) in [7, 11) is 0. The van der Waals surface area contributed by atoms with E-state index in [4.69, 9.17) is 20.8 Å². The van der Waals surface area contributed by atoms with E-state index < -0.39 is 11.9 Å². The number of nitrogens with zero attached hydrogens (tertiary/aromatic N) is 1. The highest BCUT2D eigenvalue weighted by Gasteiger charge is 2.15. The standard InChI is InChI=1S/C13H11ClN2O4/c1-2-19-12(18)10-7-15-13(20-10)16-11(17)8-3-5-9(14)6-4-8/h3-7H,2H2,1H3,(H,15,16,17). The molecule has 0 aliphatic rings. The van der Waals surface area contributed by atoms with E-state index in [1.807, 2.05) is 0 Å². The quantitative estimate of drug-likeness (QED) is 0.877. The van der Waals surface area contributed by atoms with Crippen LogP contribution in [0.5, 0.6) is 0 Å². The monoisotopic (exact) mass is 294 g/mol. The molecule has 0 spiro atoms. The second-order valence-corrected chi connectivity index (χ2v) is 4.15. The number of anilines is 1. The third-order valence-corrected chi connectivity index (χ3v) is 2.56. The second-order valence-electron chi connectivity index (χ2n) is 3.71. The summed E-state index contributed by atoms with van der Waals surface area (Å²) in [4.78, 5) is 27.0. The lowest BCUT2D eigenvalue weighted by atomic mass is 10.2. The van der Waals surface area contributed by atoms with Crippen LogP contribution in [-0.4, -0.2) is 23.5 Å². The van der Waals surface area contributed by atoms with Gasteiger partial charge in [-0.15, -0.1) is 0 Å². The van der Waals surface area contributed by atoms with Crippen LogP contribution in [0, 0.1) is 0 Å². The fraction of sp³-hybridized carbons (Fsp3) is 0.154. The van der Waals surface area contributed by atoms with Gasteiger partial charge >= 0.3 is 12.0 Å². The van der Waals surface area contributed by atoms with Gasteiger partial charge in [-0.3, -0.25) is 10.1 Å². The van der Waals surface area contributed by atoms with Crippen molar-refractivity contribution in [3.8, 4) is 0 Å². The lowest BCUT2D eigenvalue weighted by molar-refractivity contribution is 0.0490. The molecule has 1 aromatic carbocycles. The van der Waals surface area contributed by atoms with Crippen LogP contribution >= 0.6 is 11.6 Å². The first kappa shape index (κ1) is 14.1. The zero-order chi connectivity index (χ0) is 14.5. The molecule has 0 aliphatic heterocycles. The summed E-state index contributed by atoms with van der Waals surface area (Å²) in [5.74, 6) is -1.12. The molecule has 0 atom stereocenters. The third kappa shape index (κ3) is 3.36. The summed E-state index contributed by atoms with van der Waals surface area (Å²) >= 11 is 5.73. The molecule has 0 fully saturated rings. The molecular weight excluding hydrogens is 284 g/mol. The van der Waals surface area contributed by atoms with Crippen molar-refractivity contribution in [1.29, 1.82) is 0 Å². The van der Waals surface area contributed by atoms with Crippen LogP contribution in [0.25, 0.3) is 0 Å². The zero-order valence-electron chi connectivity index (χ0n) is 10.6. The van der Waals surface area contributed by atoms with Crippen molar-refractivity contribution in [3.63, 3.8) is 0 Å². The number of esters is 1. The van der Waals surface area contributed by atoms with E-state index in [0.717, 1.165) is 0 Å². The molecule has 2 aromatic rings. The van der Waals surface area contributed by atoms with Gasteiger partial charge in [-0.25, -0.2) is 9.78 Å². The normalized spacial score (nSPS) is 10.1. The number of aromatic nitrogens is 1. The van der Waals surface area contributed by atoms with Crippen molar-refractivity contribution in [2.75, 3.05) is 11.9 Å². The lowest BCUT2D eigenvalue weighted by Gasteiger charge is -2.01. The van der Waals surface area contributed by atoms with Gasteiger partial charge in [0.2, 0.25) is 5.76 Å². The molecule has 104 valence electrons. The molecule has 1 amide bonds. The van der Waals surface area contributed by atoms with Crippen molar-refractivity contribution in [3.05, 3.63) is 46.8 Å². The van der Waals surface area contributed by atoms with Crippen molar-refractivity contribution < 1.29 is 18.7 Å². The number of carbonyl (C=O) groups excluding carboxylic acids is 2. The molecule has 1 aromatic heterocycles. The van der Waals surface area contributed by atoms with Crippen molar-refractivity contribution in [2.24, 2.45) is 0 Å². The smallest absolute Gasteiger partial charge is 0.376 e. The first-order valence-corrected chi connectivity index (χ1v) is 6.18. The number of benzene rings is 1. The Kier molecular flexibility index (Phi) is 4.37. The first-order chi connectivity index (χ1) is 9.60. The Morgan fingerprint density at radius 3 is 2.70 bits per heavy atom. The Labute approximate surface area is 119 Å². The van der Waals surface area contributed by atoms with Crippen LogP contribution < -0.4 is 5.32 Å². The van der Waals surface area contributed by atoms with E-state index in [0.29, 0.717) is 10.6 Å². The molecule has 0 saturated carbocycles. The molecule has 0 aliphatic carbocycles. The van der Waals surface area contributed by atoms with Crippen molar-refractivity contribution in [1.82, 2.24) is 4.98 Å². The summed E-state index contributed by atoms with van der Waals surface area (Å²) in [6.45, 7) is 1.91. The van der Waals surface area contributed by atoms with Gasteiger partial charge in [0.1, 0.15) is 0 Å². The Hall–Kier alpha value is -2.34. The van der Waals surface area contributed by atoms with Gasteiger partial charge in [0.25, 0.3) is 5.91 Å². The highest BCUT2D eigenvalue weighted by atomic mass is 35.5. The molecule has 0 unspecified atom stereocenters. The van der Waals surface area contributed by atoms with Gasteiger partial charge in [0, 0.05) is 10.6 Å². The fourth-order valence-electron chi connectivity index (χ4n) is 1.40. The van der Waals surface area contributed by atoms with E-state index in [2.05, 4.69) is 10.3 Å². The number of oxazole rings is 1. The van der Waals surface area contributed by atoms with Crippen LogP contribution in [0.4, 0.5) is 6.01 Å². The zero-order valence-corrected chi connectivity index (χ0v) is 11.3. The minimum atomic E-state index is -0.632. The van der Waals surface area contributed by atoms with E-state index in [1.54, 1.807) is 31.2 Å². The average molecular weight is 295 g/mol. The highest BCUT2D eigenvalue weighted by molar-refractivity contribution is 6.30. The second kappa shape index (κ2) is 6.21. The maximum absolute atomic E-state index is 11.9. The molecule has 0 radical (unpaired) electrons. The Bertz CT molecular complexity index is 622. The largest absolute Gasteiger partial charge is 0.460 e. The summed E-state index contributed by atoms with van der Waals surface area (Å²) in [5, 5.41) is 2.96. The van der Waals surface area contributed by atoms with Gasteiger partial charge in [-0.05, 0) is 31.2 Å². The van der Waals surface area contributed by atoms with Crippen molar-refractivity contribution >= 4 is 29.5 Å². The number of amides is 1. The Morgan fingerprint density at radius 1 is 1.35 bits per heavy atom. The topological polar surface area (TPSA) is 81.4 Å². The molecule has 2 rings (SSSR count). The number of hydrogen-bond donors (Lipinski definition) is 1. The maximum atomic E-state index is 11.9. The molecule has 1 heterocycles. The summed E-state index contributed by atoms with van der Waals surface area (Å²) in [5.41, 5.74) is 0.394. The molecule has 20 heavy (non-hydrogen) atoms. The number of ether oxygens (including phenoxy) is 1. The van der Waals surface area contributed by atoms with Crippen LogP contribution in [0.15, 0.2) is 34.9 Å². The molecule has 6 nitrogen and oxygen atoms in total. The number of rotatable bonds is 4. The van der Waals surface area contributed by atoms with Gasteiger partial charge in [-0.1, -0.05) is 11.6 Å². The van der Waals surface area contributed by atoms with Crippen molar-refractivity contribution in [2.45, 2.75) is 6.92 Å². The molecule has 0 saturated heterocycles. The Balaban J connectivity index is 2.05. The average Bonchev–Trinajstić information content (AvgIpc) is 2.88. The van der Waals surface area contributed by atoms with Crippen LogP contribution in [-0.2, 0) is 4.74 Å². The number of halogens is 1. The van der Waals surface area contributed by atoms with Crippen LogP contribution in [0.1, 0.15) is 27.8 Å². The van der Waals surface area contributed by atoms with E-state index in [-0.39, 0.29) is 18.4 Å². The van der Waals surface area contributed by atoms with E-state index in [9.17, 15) is 9.59 Å². The summed E-state index contributed by atoms with van der Waals surface area (Å²) < 4.78 is 9.81. The lowest BCUT2D eigenvalue weighted by Crippen LogP contribution is -2.11. The maximum Gasteiger partial charge on any atom is 0.376 e. The first-order valence-electron chi connectivity index (χ1n) is 5.80. The highest BCUT2D eigenvalue weighted by Crippen LogP contribution is 2.13. The van der Waals surface area contributed by atoms with Gasteiger partial charge in [0.05, 0.1) is 12.8 Å². The molecule has 1 N–H and O–H groups in total. The van der Waals surface area contributed by atoms with Gasteiger partial charge in [0.15, 0.2) is 0 Å². The third-order valence-electron chi connectivity index (χ3n) is 2.31. The summed E-state index contributed by atoms with van der Waals surface area (Å²) in [6, 6.07) is 6.24. The number of carbonyl (C=O) groups is 2. The predicted octanol–water partition coefficient (Wildman–Crippen LogP) is 2.76. The minimum Gasteiger partial charge on any atom is -0.460 e. The van der Waals surface area contributed by atoms with Gasteiger partial charge in [-0.2, -0.15) is 0 Å². The summed E-state index contributed by atoms with van der Waals surface area (Å²) in [6.07, 6.45) is 1.19. The SMILES string of the molecule is CCOC(=O)c1cnc(NC(=O)c2ccc(Cl)cc2)o1. The molecule has 0 bridgehead atoms. The number of nitrogens with one attached hydrogen (secondary N) is 1. The number of hydrogen-bond acceptors (Lipinski definition) is 5. The van der Waals surface area contributed by atoms with Gasteiger partial charge < -0.3 is 9.15 Å².